The quantitative estimate of drug-likeness (QED) is 0.470. The highest BCUT2D eigenvalue weighted by molar-refractivity contribution is 5.87. The lowest BCUT2D eigenvalue weighted by Gasteiger charge is -2.53. The maximum absolute atomic E-state index is 13.1. The molecule has 2 bridgehead atoms. The van der Waals surface area contributed by atoms with Gasteiger partial charge in [0.1, 0.15) is 30.0 Å². The van der Waals surface area contributed by atoms with E-state index in [2.05, 4.69) is 27.7 Å². The molecule has 0 spiro atoms. The van der Waals surface area contributed by atoms with Crippen molar-refractivity contribution in [1.82, 2.24) is 0 Å². The van der Waals surface area contributed by atoms with Crippen molar-refractivity contribution >= 4 is 18.0 Å². The highest BCUT2D eigenvalue weighted by Crippen LogP contribution is 2.64. The predicted octanol–water partition coefficient (Wildman–Crippen LogP) is 4.40. The van der Waals surface area contributed by atoms with Gasteiger partial charge in [0.2, 0.25) is 0 Å². The van der Waals surface area contributed by atoms with Crippen molar-refractivity contribution in [2.24, 2.45) is 29.6 Å². The van der Waals surface area contributed by atoms with Crippen LogP contribution in [0.4, 0.5) is 0 Å². The Morgan fingerprint density at radius 3 is 2.47 bits per heavy atom. The second-order valence-electron chi connectivity index (χ2n) is 11.0. The van der Waals surface area contributed by atoms with Crippen LogP contribution in [0.1, 0.15) is 59.4 Å². The number of ether oxygens (including phenoxy) is 3. The summed E-state index contributed by atoms with van der Waals surface area (Å²) in [5.74, 6) is 0.0413. The summed E-state index contributed by atoms with van der Waals surface area (Å²) in [6.07, 6.45) is 4.73. The van der Waals surface area contributed by atoms with Crippen molar-refractivity contribution in [3.05, 3.63) is 42.0 Å². The normalized spacial score (nSPS) is 36.8. The summed E-state index contributed by atoms with van der Waals surface area (Å²) in [4.78, 5) is 25.2. The molecule has 34 heavy (non-hydrogen) atoms. The smallest absolute Gasteiger partial charge is 0.332 e. The molecule has 7 atom stereocenters. The van der Waals surface area contributed by atoms with Crippen LogP contribution < -0.4 is 0 Å². The molecule has 6 heteroatoms. The van der Waals surface area contributed by atoms with Gasteiger partial charge < -0.3 is 19.3 Å². The molecule has 0 amide bonds. The Morgan fingerprint density at radius 2 is 1.85 bits per heavy atom. The number of hydrogen-bond donors (Lipinski definition) is 1. The average molecular weight is 471 g/mol. The Labute approximate surface area is 202 Å². The molecular formula is C28H38O6. The molecule has 2 saturated heterocycles. The Morgan fingerprint density at radius 1 is 1.15 bits per heavy atom. The van der Waals surface area contributed by atoms with Crippen LogP contribution in [0.5, 0.6) is 0 Å². The number of esters is 2. The Balaban J connectivity index is 1.70. The fraction of sp³-hybridized carbons (Fsp3) is 0.643. The standard InChI is InChI=1S/C28H38O6/c1-17(2)20-12-13-21-25(20)26(33-23(30)14-11-19-9-7-6-8-10-19)28(18(3)4)15-22(27(21,5)34-28)32-24(31)16-29/h6-11,14,17-18,20-22,25-26,29H,12-13,15-16H2,1-5H3/b14-11+/t20-,21+,22+,25+,26-,27-,28+/m0/s1. The van der Waals surface area contributed by atoms with E-state index in [-0.39, 0.29) is 23.7 Å². The molecule has 0 aromatic heterocycles. The lowest BCUT2D eigenvalue weighted by molar-refractivity contribution is -0.266. The lowest BCUT2D eigenvalue weighted by Crippen LogP contribution is -2.62. The molecule has 0 radical (unpaired) electrons. The molecule has 6 nitrogen and oxygen atoms in total. The van der Waals surface area contributed by atoms with Gasteiger partial charge in [-0.2, -0.15) is 0 Å². The van der Waals surface area contributed by atoms with Crippen LogP contribution in [-0.4, -0.2) is 47.1 Å². The van der Waals surface area contributed by atoms with Crippen LogP contribution in [0.3, 0.4) is 0 Å². The van der Waals surface area contributed by atoms with Crippen molar-refractivity contribution < 1.29 is 28.9 Å². The average Bonchev–Trinajstić information content (AvgIpc) is 3.36. The van der Waals surface area contributed by atoms with Gasteiger partial charge in [0.05, 0.1) is 0 Å². The fourth-order valence-electron chi connectivity index (χ4n) is 6.87. The van der Waals surface area contributed by atoms with Gasteiger partial charge in [-0.25, -0.2) is 9.59 Å². The second-order valence-corrected chi connectivity index (χ2v) is 11.0. The molecule has 1 aromatic carbocycles. The highest BCUT2D eigenvalue weighted by Gasteiger charge is 2.72. The Kier molecular flexibility index (Phi) is 6.94. The largest absolute Gasteiger partial charge is 0.457 e. The second kappa shape index (κ2) is 9.46. The van der Waals surface area contributed by atoms with Crippen LogP contribution in [0.2, 0.25) is 0 Å². The number of rotatable bonds is 7. The van der Waals surface area contributed by atoms with Crippen molar-refractivity contribution in [3.8, 4) is 0 Å². The van der Waals surface area contributed by atoms with Crippen LogP contribution >= 0.6 is 0 Å². The molecule has 2 heterocycles. The summed E-state index contributed by atoms with van der Waals surface area (Å²) >= 11 is 0. The molecular weight excluding hydrogens is 432 g/mol. The van der Waals surface area contributed by atoms with Crippen LogP contribution in [0, 0.1) is 29.6 Å². The number of carbonyl (C=O) groups is 2. The molecule has 4 rings (SSSR count). The van der Waals surface area contributed by atoms with Gasteiger partial charge in [-0.05, 0) is 55.1 Å². The van der Waals surface area contributed by atoms with E-state index < -0.39 is 36.0 Å². The third kappa shape index (κ3) is 4.20. The Hall–Kier alpha value is -2.18. The van der Waals surface area contributed by atoms with Crippen molar-refractivity contribution in [2.45, 2.75) is 77.3 Å². The van der Waals surface area contributed by atoms with Gasteiger partial charge in [-0.1, -0.05) is 58.0 Å². The molecule has 3 aliphatic rings. The number of carbonyl (C=O) groups excluding carboxylic acids is 2. The molecule has 1 N–H and O–H groups in total. The molecule has 1 aromatic rings. The summed E-state index contributed by atoms with van der Waals surface area (Å²) in [7, 11) is 0. The zero-order chi connectivity index (χ0) is 24.7. The van der Waals surface area contributed by atoms with E-state index in [4.69, 9.17) is 14.2 Å². The monoisotopic (exact) mass is 470 g/mol. The van der Waals surface area contributed by atoms with Gasteiger partial charge in [0, 0.05) is 18.4 Å². The van der Waals surface area contributed by atoms with Crippen molar-refractivity contribution in [3.63, 3.8) is 0 Å². The summed E-state index contributed by atoms with van der Waals surface area (Å²) in [6, 6.07) is 9.67. The van der Waals surface area contributed by atoms with E-state index >= 15 is 0 Å². The number of hydrogen-bond acceptors (Lipinski definition) is 6. The molecule has 0 unspecified atom stereocenters. The van der Waals surface area contributed by atoms with Gasteiger partial charge in [0.15, 0.2) is 0 Å². The summed E-state index contributed by atoms with van der Waals surface area (Å²) < 4.78 is 18.9. The molecule has 3 fully saturated rings. The number of aliphatic hydroxyl groups excluding tert-OH is 1. The molecule has 2 aliphatic heterocycles. The maximum atomic E-state index is 13.1. The lowest BCUT2D eigenvalue weighted by atomic mass is 9.67. The van der Waals surface area contributed by atoms with Gasteiger partial charge in [0.25, 0.3) is 0 Å². The maximum Gasteiger partial charge on any atom is 0.332 e. The van der Waals surface area contributed by atoms with Crippen LogP contribution in [0.25, 0.3) is 6.08 Å². The van der Waals surface area contributed by atoms with Crippen molar-refractivity contribution in [1.29, 1.82) is 0 Å². The molecule has 1 aliphatic carbocycles. The minimum absolute atomic E-state index is 0.0370. The zero-order valence-electron chi connectivity index (χ0n) is 20.9. The minimum atomic E-state index is -0.760. The van der Waals surface area contributed by atoms with E-state index in [1.807, 2.05) is 37.3 Å². The zero-order valence-corrected chi connectivity index (χ0v) is 20.9. The van der Waals surface area contributed by atoms with E-state index in [0.29, 0.717) is 18.3 Å². The Bertz CT molecular complexity index is 924. The van der Waals surface area contributed by atoms with E-state index in [0.717, 1.165) is 18.4 Å². The van der Waals surface area contributed by atoms with Gasteiger partial charge in [-0.3, -0.25) is 0 Å². The van der Waals surface area contributed by atoms with E-state index in [9.17, 15) is 14.7 Å². The van der Waals surface area contributed by atoms with Gasteiger partial charge in [-0.15, -0.1) is 0 Å². The van der Waals surface area contributed by atoms with E-state index in [1.54, 1.807) is 6.08 Å². The number of aliphatic hydroxyl groups is 1. The SMILES string of the molecule is CC(C)[C@@H]1CC[C@@H]2[C@@H]1[C@H](OC(=O)/C=C/c1ccccc1)[C@]1(C(C)C)C[C@@H](OC(=O)CO)[C@@]2(C)O1. The first kappa shape index (κ1) is 24.9. The number of fused-ring (bicyclic) bond motifs is 4. The van der Waals surface area contributed by atoms with Gasteiger partial charge >= 0.3 is 11.9 Å². The summed E-state index contributed by atoms with van der Waals surface area (Å²) in [5, 5.41) is 9.33. The number of benzene rings is 1. The molecule has 186 valence electrons. The first-order valence-corrected chi connectivity index (χ1v) is 12.6. The van der Waals surface area contributed by atoms with Crippen molar-refractivity contribution in [2.75, 3.05) is 6.61 Å². The van der Waals surface area contributed by atoms with Crippen LogP contribution in [0.15, 0.2) is 36.4 Å². The minimum Gasteiger partial charge on any atom is -0.457 e. The first-order chi connectivity index (χ1) is 16.1. The molecule has 1 saturated carbocycles. The predicted molar refractivity (Wildman–Crippen MR) is 129 cm³/mol. The fourth-order valence-corrected chi connectivity index (χ4v) is 6.87. The van der Waals surface area contributed by atoms with E-state index in [1.165, 1.54) is 6.08 Å². The third-order valence-corrected chi connectivity index (χ3v) is 8.58. The summed E-state index contributed by atoms with van der Waals surface area (Å²) in [6.45, 7) is 10.00. The first-order valence-electron chi connectivity index (χ1n) is 12.6. The third-order valence-electron chi connectivity index (χ3n) is 8.58. The van der Waals surface area contributed by atoms with Crippen LogP contribution in [-0.2, 0) is 23.8 Å². The topological polar surface area (TPSA) is 82.1 Å². The highest BCUT2D eigenvalue weighted by atomic mass is 16.6. The summed E-state index contributed by atoms with van der Waals surface area (Å²) in [5.41, 5.74) is -0.503.